The van der Waals surface area contributed by atoms with Gasteiger partial charge in [-0.25, -0.2) is 13.2 Å². The number of carboxylic acids is 1. The van der Waals surface area contributed by atoms with Crippen molar-refractivity contribution in [3.8, 4) is 10.4 Å². The molecule has 0 unspecified atom stereocenters. The van der Waals surface area contributed by atoms with Gasteiger partial charge in [-0.15, -0.1) is 11.3 Å². The molecule has 5 nitrogen and oxygen atoms in total. The topological polar surface area (TPSA) is 83.5 Å². The summed E-state index contributed by atoms with van der Waals surface area (Å²) in [6.07, 6.45) is 0. The average molecular weight is 466 g/mol. The van der Waals surface area contributed by atoms with Crippen molar-refractivity contribution in [2.24, 2.45) is 0 Å². The van der Waals surface area contributed by atoms with Crippen molar-refractivity contribution in [3.05, 3.63) is 81.7 Å². The minimum Gasteiger partial charge on any atom is -0.477 e. The quantitative estimate of drug-likeness (QED) is 0.362. The van der Waals surface area contributed by atoms with Gasteiger partial charge in [-0.1, -0.05) is 30.3 Å². The van der Waals surface area contributed by atoms with Crippen molar-refractivity contribution < 1.29 is 18.3 Å². The van der Waals surface area contributed by atoms with Crippen LogP contribution in [0.2, 0.25) is 0 Å². The minimum atomic E-state index is -3.86. The van der Waals surface area contributed by atoms with Crippen molar-refractivity contribution >= 4 is 43.8 Å². The Hall–Kier alpha value is -3.16. The Kier molecular flexibility index (Phi) is 5.56. The largest absolute Gasteiger partial charge is 0.477 e. The molecule has 0 aliphatic carbocycles. The van der Waals surface area contributed by atoms with Gasteiger partial charge in [0, 0.05) is 10.3 Å². The predicted octanol–water partition coefficient (Wildman–Crippen LogP) is 6.30. The van der Waals surface area contributed by atoms with Gasteiger partial charge in [-0.05, 0) is 85.2 Å². The molecule has 3 aromatic carbocycles. The van der Waals surface area contributed by atoms with Gasteiger partial charge in [0.25, 0.3) is 10.0 Å². The van der Waals surface area contributed by atoms with Crippen molar-refractivity contribution in [2.75, 3.05) is 4.72 Å². The second-order valence-corrected chi connectivity index (χ2v) is 10.6. The van der Waals surface area contributed by atoms with E-state index in [2.05, 4.69) is 4.72 Å². The predicted molar refractivity (Wildman–Crippen MR) is 130 cm³/mol. The molecule has 0 aliphatic heterocycles. The Balaban J connectivity index is 1.88. The summed E-state index contributed by atoms with van der Waals surface area (Å²) in [6.45, 7) is 7.47. The lowest BCUT2D eigenvalue weighted by molar-refractivity contribution is 0.0702. The van der Waals surface area contributed by atoms with Crippen molar-refractivity contribution in [2.45, 2.75) is 32.6 Å². The number of rotatable bonds is 5. The molecule has 4 rings (SSSR count). The van der Waals surface area contributed by atoms with Gasteiger partial charge in [0.2, 0.25) is 0 Å². The summed E-state index contributed by atoms with van der Waals surface area (Å²) in [5, 5.41) is 10.9. The number of aromatic carboxylic acids is 1. The molecule has 0 radical (unpaired) electrons. The second kappa shape index (κ2) is 8.07. The smallest absolute Gasteiger partial charge is 0.345 e. The van der Waals surface area contributed by atoms with Gasteiger partial charge >= 0.3 is 5.97 Å². The van der Waals surface area contributed by atoms with Gasteiger partial charge < -0.3 is 5.11 Å². The summed E-state index contributed by atoms with van der Waals surface area (Å²) in [6, 6.07) is 16.5. The normalized spacial score (nSPS) is 11.6. The Labute approximate surface area is 191 Å². The highest BCUT2D eigenvalue weighted by Crippen LogP contribution is 2.36. The number of carbonyl (C=O) groups is 1. The fraction of sp³-hybridized carbons (Fsp3) is 0.160. The molecule has 1 aromatic heterocycles. The highest BCUT2D eigenvalue weighted by molar-refractivity contribution is 7.92. The SMILES string of the molecule is Cc1cc(C)c(C)c(S(=O)(=O)Nc2cc(-c3ccc(C(=O)O)s3)cc3ccccc23)c1C. The Morgan fingerprint density at radius 1 is 0.906 bits per heavy atom. The third-order valence-electron chi connectivity index (χ3n) is 5.77. The molecule has 0 fully saturated rings. The van der Waals surface area contributed by atoms with Crippen LogP contribution in [0.25, 0.3) is 21.2 Å². The van der Waals surface area contributed by atoms with E-state index in [1.54, 1.807) is 18.2 Å². The molecular weight excluding hydrogens is 442 g/mol. The number of sulfonamides is 1. The molecular formula is C25H23NO4S2. The molecule has 0 saturated heterocycles. The van der Waals surface area contributed by atoms with Crippen molar-refractivity contribution in [1.82, 2.24) is 0 Å². The van der Waals surface area contributed by atoms with Crippen molar-refractivity contribution in [1.29, 1.82) is 0 Å². The zero-order valence-corrected chi connectivity index (χ0v) is 19.8. The Morgan fingerprint density at radius 3 is 2.19 bits per heavy atom. The van der Waals surface area contributed by atoms with E-state index in [9.17, 15) is 18.3 Å². The van der Waals surface area contributed by atoms with Crippen LogP contribution in [0.5, 0.6) is 0 Å². The molecule has 0 aliphatic rings. The maximum Gasteiger partial charge on any atom is 0.345 e. The number of thiophene rings is 1. The van der Waals surface area contributed by atoms with E-state index in [4.69, 9.17) is 0 Å². The summed E-state index contributed by atoms with van der Waals surface area (Å²) in [7, 11) is -3.86. The molecule has 0 spiro atoms. The first-order valence-electron chi connectivity index (χ1n) is 10.0. The molecule has 164 valence electrons. The first-order valence-corrected chi connectivity index (χ1v) is 12.3. The number of anilines is 1. The van der Waals surface area contributed by atoms with E-state index in [1.807, 2.05) is 64.1 Å². The number of hydrogen-bond donors (Lipinski definition) is 2. The third-order valence-corrected chi connectivity index (χ3v) is 8.53. The maximum atomic E-state index is 13.5. The summed E-state index contributed by atoms with van der Waals surface area (Å²) in [5.41, 5.74) is 4.52. The molecule has 7 heteroatoms. The molecule has 0 saturated carbocycles. The summed E-state index contributed by atoms with van der Waals surface area (Å²) in [5.74, 6) is -0.983. The standard InChI is InChI=1S/C25H23NO4S2/c1-14-11-15(2)17(4)24(16(14)3)32(29,30)26-21-13-19(12-18-7-5-6-8-20(18)21)22-9-10-23(31-22)25(27)28/h5-13,26H,1-4H3,(H,27,28). The zero-order valence-electron chi connectivity index (χ0n) is 18.2. The van der Waals surface area contributed by atoms with Crippen LogP contribution in [0.15, 0.2) is 59.5 Å². The van der Waals surface area contributed by atoms with Crippen LogP contribution in [0.1, 0.15) is 31.9 Å². The van der Waals surface area contributed by atoms with Gasteiger partial charge in [0.05, 0.1) is 10.6 Å². The van der Waals surface area contributed by atoms with Crippen LogP contribution in [-0.2, 0) is 10.0 Å². The van der Waals surface area contributed by atoms with Crippen LogP contribution in [-0.4, -0.2) is 19.5 Å². The lowest BCUT2D eigenvalue weighted by atomic mass is 10.0. The summed E-state index contributed by atoms with van der Waals surface area (Å²) < 4.78 is 29.9. The minimum absolute atomic E-state index is 0.233. The van der Waals surface area contributed by atoms with E-state index in [1.165, 1.54) is 0 Å². The highest BCUT2D eigenvalue weighted by Gasteiger charge is 2.23. The molecule has 0 atom stereocenters. The average Bonchev–Trinajstić information content (AvgIpc) is 3.23. The van der Waals surface area contributed by atoms with Crippen LogP contribution in [0.3, 0.4) is 0 Å². The molecule has 0 amide bonds. The monoisotopic (exact) mass is 465 g/mol. The van der Waals surface area contributed by atoms with E-state index in [-0.39, 0.29) is 4.88 Å². The van der Waals surface area contributed by atoms with Crippen LogP contribution in [0, 0.1) is 27.7 Å². The van der Waals surface area contributed by atoms with Gasteiger partial charge in [0.1, 0.15) is 4.88 Å². The van der Waals surface area contributed by atoms with Gasteiger partial charge in [-0.3, -0.25) is 4.72 Å². The molecule has 2 N–H and O–H groups in total. The first kappa shape index (κ1) is 22.0. The Morgan fingerprint density at radius 2 is 1.56 bits per heavy atom. The molecule has 4 aromatic rings. The van der Waals surface area contributed by atoms with E-state index in [0.29, 0.717) is 10.6 Å². The maximum absolute atomic E-state index is 13.5. The fourth-order valence-corrected chi connectivity index (χ4v) is 6.45. The first-order chi connectivity index (χ1) is 15.1. The number of carboxylic acid groups (broad SMARTS) is 1. The summed E-state index contributed by atoms with van der Waals surface area (Å²) >= 11 is 1.16. The summed E-state index contributed by atoms with van der Waals surface area (Å²) in [4.78, 5) is 12.6. The number of fused-ring (bicyclic) bond motifs is 1. The third kappa shape index (κ3) is 3.89. The van der Waals surface area contributed by atoms with Crippen molar-refractivity contribution in [3.63, 3.8) is 0 Å². The lowest BCUT2D eigenvalue weighted by Crippen LogP contribution is -2.17. The van der Waals surface area contributed by atoms with Crippen LogP contribution < -0.4 is 4.72 Å². The molecule has 0 bridgehead atoms. The Bertz CT molecular complexity index is 1460. The van der Waals surface area contributed by atoms with Crippen LogP contribution in [0.4, 0.5) is 5.69 Å². The van der Waals surface area contributed by atoms with Gasteiger partial charge in [0.15, 0.2) is 0 Å². The second-order valence-electron chi connectivity index (χ2n) is 7.91. The fourth-order valence-electron chi connectivity index (χ4n) is 3.92. The number of nitrogens with one attached hydrogen (secondary N) is 1. The number of hydrogen-bond acceptors (Lipinski definition) is 4. The van der Waals surface area contributed by atoms with Crippen LogP contribution >= 0.6 is 11.3 Å². The van der Waals surface area contributed by atoms with E-state index in [0.717, 1.165) is 54.8 Å². The van der Waals surface area contributed by atoms with E-state index >= 15 is 0 Å². The van der Waals surface area contributed by atoms with Gasteiger partial charge in [-0.2, -0.15) is 0 Å². The lowest BCUT2D eigenvalue weighted by Gasteiger charge is -2.18. The highest BCUT2D eigenvalue weighted by atomic mass is 32.2. The molecule has 1 heterocycles. The number of benzene rings is 3. The zero-order chi connectivity index (χ0) is 23.2. The van der Waals surface area contributed by atoms with E-state index < -0.39 is 16.0 Å². The molecule has 32 heavy (non-hydrogen) atoms. The number of aryl methyl sites for hydroxylation is 2.